The number of hydrogen-bond acceptors (Lipinski definition) is 3. The van der Waals surface area contributed by atoms with E-state index in [1.807, 2.05) is 13.8 Å². The van der Waals surface area contributed by atoms with Gasteiger partial charge >= 0.3 is 0 Å². The van der Waals surface area contributed by atoms with Crippen LogP contribution in [0.1, 0.15) is 26.7 Å². The number of carbonyl (C=O) groups is 1. The molecule has 0 saturated carbocycles. The minimum Gasteiger partial charge on any atom is -0.396 e. The van der Waals surface area contributed by atoms with Crippen molar-refractivity contribution in [3.63, 3.8) is 0 Å². The Balaban J connectivity index is 2.33. The van der Waals surface area contributed by atoms with Crippen molar-refractivity contribution in [1.29, 1.82) is 0 Å². The molecule has 1 amide bonds. The summed E-state index contributed by atoms with van der Waals surface area (Å²) in [6.45, 7) is 5.33. The molecule has 0 aromatic rings. The minimum atomic E-state index is 0.0327. The number of rotatable bonds is 4. The smallest absolute Gasteiger partial charge is 0.223 e. The lowest BCUT2D eigenvalue weighted by Gasteiger charge is -2.25. The molecule has 0 aromatic heterocycles. The summed E-state index contributed by atoms with van der Waals surface area (Å²) in [6.07, 6.45) is 1.62. The van der Waals surface area contributed by atoms with E-state index in [-0.39, 0.29) is 30.4 Å². The fourth-order valence-corrected chi connectivity index (χ4v) is 1.60. The normalized spacial score (nSPS) is 22.1. The summed E-state index contributed by atoms with van der Waals surface area (Å²) in [5.41, 5.74) is 0. The lowest BCUT2D eigenvalue weighted by Crippen LogP contribution is -2.42. The first kappa shape index (κ1) is 12.5. The summed E-state index contributed by atoms with van der Waals surface area (Å²) >= 11 is 0. The first-order chi connectivity index (χ1) is 7.15. The SMILES string of the molecule is CC(CO)C(C)NC(=O)C1CCOCC1. The number of nitrogens with one attached hydrogen (secondary N) is 1. The maximum atomic E-state index is 11.8. The highest BCUT2D eigenvalue weighted by molar-refractivity contribution is 5.79. The predicted octanol–water partition coefficient (Wildman–Crippen LogP) is 0.546. The average Bonchev–Trinajstić information content (AvgIpc) is 2.29. The maximum Gasteiger partial charge on any atom is 0.223 e. The summed E-state index contributed by atoms with van der Waals surface area (Å²) in [7, 11) is 0. The monoisotopic (exact) mass is 215 g/mol. The van der Waals surface area contributed by atoms with Crippen molar-refractivity contribution >= 4 is 5.91 Å². The Morgan fingerprint density at radius 3 is 2.60 bits per heavy atom. The van der Waals surface area contributed by atoms with Gasteiger partial charge in [-0.1, -0.05) is 6.92 Å². The highest BCUT2D eigenvalue weighted by Gasteiger charge is 2.23. The second kappa shape index (κ2) is 6.08. The van der Waals surface area contributed by atoms with Gasteiger partial charge < -0.3 is 15.2 Å². The van der Waals surface area contributed by atoms with Gasteiger partial charge in [0.1, 0.15) is 0 Å². The van der Waals surface area contributed by atoms with E-state index in [1.54, 1.807) is 0 Å². The molecule has 1 aliphatic heterocycles. The van der Waals surface area contributed by atoms with Gasteiger partial charge in [0.2, 0.25) is 5.91 Å². The molecule has 0 bridgehead atoms. The van der Waals surface area contributed by atoms with E-state index in [9.17, 15) is 4.79 Å². The molecule has 1 rings (SSSR count). The van der Waals surface area contributed by atoms with Gasteiger partial charge in [-0.3, -0.25) is 4.79 Å². The zero-order chi connectivity index (χ0) is 11.3. The highest BCUT2D eigenvalue weighted by atomic mass is 16.5. The Bertz CT molecular complexity index is 202. The van der Waals surface area contributed by atoms with Crippen LogP contribution in [0.3, 0.4) is 0 Å². The van der Waals surface area contributed by atoms with Crippen LogP contribution in [0.25, 0.3) is 0 Å². The fraction of sp³-hybridized carbons (Fsp3) is 0.909. The molecule has 2 atom stereocenters. The van der Waals surface area contributed by atoms with Gasteiger partial charge in [-0.15, -0.1) is 0 Å². The first-order valence-electron chi connectivity index (χ1n) is 5.64. The number of hydrogen-bond donors (Lipinski definition) is 2. The third-order valence-electron chi connectivity index (χ3n) is 3.10. The highest BCUT2D eigenvalue weighted by Crippen LogP contribution is 2.15. The molecule has 0 aromatic carbocycles. The molecule has 4 heteroatoms. The summed E-state index contributed by atoms with van der Waals surface area (Å²) in [5, 5.41) is 11.9. The van der Waals surface area contributed by atoms with E-state index >= 15 is 0 Å². The topological polar surface area (TPSA) is 58.6 Å². The van der Waals surface area contributed by atoms with E-state index in [0.717, 1.165) is 12.8 Å². The molecule has 0 aliphatic carbocycles. The molecule has 1 fully saturated rings. The van der Waals surface area contributed by atoms with E-state index in [2.05, 4.69) is 5.32 Å². The number of carbonyl (C=O) groups excluding carboxylic acids is 1. The molecular weight excluding hydrogens is 194 g/mol. The molecular formula is C11H21NO3. The minimum absolute atomic E-state index is 0.0327. The van der Waals surface area contributed by atoms with Gasteiger partial charge in [0, 0.05) is 31.8 Å². The Labute approximate surface area is 91.0 Å². The standard InChI is InChI=1S/C11H21NO3/c1-8(7-13)9(2)12-11(14)10-3-5-15-6-4-10/h8-10,13H,3-7H2,1-2H3,(H,12,14). The van der Waals surface area contributed by atoms with Crippen LogP contribution < -0.4 is 5.32 Å². The van der Waals surface area contributed by atoms with Crippen molar-refractivity contribution in [2.45, 2.75) is 32.7 Å². The number of amides is 1. The Kier molecular flexibility index (Phi) is 5.05. The van der Waals surface area contributed by atoms with Crippen LogP contribution in [-0.4, -0.2) is 36.9 Å². The Hall–Kier alpha value is -0.610. The van der Waals surface area contributed by atoms with Crippen molar-refractivity contribution < 1.29 is 14.6 Å². The fourth-order valence-electron chi connectivity index (χ4n) is 1.60. The van der Waals surface area contributed by atoms with Crippen LogP contribution in [0, 0.1) is 11.8 Å². The maximum absolute atomic E-state index is 11.8. The van der Waals surface area contributed by atoms with Crippen molar-refractivity contribution in [3.05, 3.63) is 0 Å². The van der Waals surface area contributed by atoms with Gasteiger partial charge in [-0.05, 0) is 25.7 Å². The molecule has 1 aliphatic rings. The van der Waals surface area contributed by atoms with Crippen molar-refractivity contribution in [3.8, 4) is 0 Å². The molecule has 15 heavy (non-hydrogen) atoms. The quantitative estimate of drug-likeness (QED) is 0.720. The summed E-state index contributed by atoms with van der Waals surface area (Å²) in [6, 6.07) is 0.0327. The molecule has 0 spiro atoms. The molecule has 1 heterocycles. The van der Waals surface area contributed by atoms with Gasteiger partial charge in [-0.25, -0.2) is 0 Å². The van der Waals surface area contributed by atoms with Crippen LogP contribution in [-0.2, 0) is 9.53 Å². The van der Waals surface area contributed by atoms with Crippen LogP contribution in [0.5, 0.6) is 0 Å². The average molecular weight is 215 g/mol. The zero-order valence-electron chi connectivity index (χ0n) is 9.53. The Morgan fingerprint density at radius 1 is 1.47 bits per heavy atom. The van der Waals surface area contributed by atoms with Gasteiger partial charge in [0.25, 0.3) is 0 Å². The largest absolute Gasteiger partial charge is 0.396 e. The number of ether oxygens (including phenoxy) is 1. The van der Waals surface area contributed by atoms with E-state index in [1.165, 1.54) is 0 Å². The van der Waals surface area contributed by atoms with E-state index in [4.69, 9.17) is 9.84 Å². The van der Waals surface area contributed by atoms with Gasteiger partial charge in [-0.2, -0.15) is 0 Å². The number of aliphatic hydroxyl groups excluding tert-OH is 1. The third-order valence-corrected chi connectivity index (χ3v) is 3.10. The van der Waals surface area contributed by atoms with Crippen LogP contribution in [0.4, 0.5) is 0 Å². The Morgan fingerprint density at radius 2 is 2.07 bits per heavy atom. The molecule has 1 saturated heterocycles. The second-order valence-corrected chi connectivity index (χ2v) is 4.34. The van der Waals surface area contributed by atoms with E-state index in [0.29, 0.717) is 13.2 Å². The summed E-state index contributed by atoms with van der Waals surface area (Å²) < 4.78 is 5.20. The predicted molar refractivity (Wildman–Crippen MR) is 57.4 cm³/mol. The van der Waals surface area contributed by atoms with Gasteiger partial charge in [0.05, 0.1) is 0 Å². The molecule has 88 valence electrons. The van der Waals surface area contributed by atoms with Crippen molar-refractivity contribution in [2.24, 2.45) is 11.8 Å². The first-order valence-corrected chi connectivity index (χ1v) is 5.64. The second-order valence-electron chi connectivity index (χ2n) is 4.34. The van der Waals surface area contributed by atoms with Crippen LogP contribution >= 0.6 is 0 Å². The molecule has 4 nitrogen and oxygen atoms in total. The lowest BCUT2D eigenvalue weighted by atomic mass is 9.97. The summed E-state index contributed by atoms with van der Waals surface area (Å²) in [4.78, 5) is 11.8. The van der Waals surface area contributed by atoms with Crippen LogP contribution in [0.2, 0.25) is 0 Å². The molecule has 0 radical (unpaired) electrons. The van der Waals surface area contributed by atoms with E-state index < -0.39 is 0 Å². The third kappa shape index (κ3) is 3.80. The molecule has 2 N–H and O–H groups in total. The van der Waals surface area contributed by atoms with Gasteiger partial charge in [0.15, 0.2) is 0 Å². The van der Waals surface area contributed by atoms with Crippen molar-refractivity contribution in [2.75, 3.05) is 19.8 Å². The lowest BCUT2D eigenvalue weighted by molar-refractivity contribution is -0.128. The zero-order valence-corrected chi connectivity index (χ0v) is 9.53. The molecule has 2 unspecified atom stereocenters. The number of aliphatic hydroxyl groups is 1. The van der Waals surface area contributed by atoms with Crippen molar-refractivity contribution in [1.82, 2.24) is 5.32 Å². The summed E-state index contributed by atoms with van der Waals surface area (Å²) in [5.74, 6) is 0.298. The van der Waals surface area contributed by atoms with Crippen LogP contribution in [0.15, 0.2) is 0 Å².